The van der Waals surface area contributed by atoms with Gasteiger partial charge in [0.1, 0.15) is 5.60 Å². The largest absolute Gasteiger partial charge is 0.459 e. The minimum absolute atomic E-state index is 0.0759. The number of aliphatic hydroxyl groups is 1. The van der Waals surface area contributed by atoms with E-state index >= 15 is 0 Å². The molecule has 2 aliphatic carbocycles. The molecule has 2 rings (SSSR count). The third kappa shape index (κ3) is 2.56. The second-order valence-electron chi connectivity index (χ2n) is 7.13. The van der Waals surface area contributed by atoms with Gasteiger partial charge in [-0.05, 0) is 64.7 Å². The number of esters is 1. The Labute approximate surface area is 110 Å². The molecule has 0 aromatic heterocycles. The van der Waals surface area contributed by atoms with Crippen molar-refractivity contribution in [1.82, 2.24) is 0 Å². The zero-order chi connectivity index (χ0) is 13.6. The average molecular weight is 254 g/mol. The first kappa shape index (κ1) is 13.9. The first-order chi connectivity index (χ1) is 8.26. The zero-order valence-electron chi connectivity index (χ0n) is 12.0. The predicted octanol–water partition coefficient (Wildman–Crippen LogP) is 2.91. The van der Waals surface area contributed by atoms with E-state index in [4.69, 9.17) is 4.74 Å². The standard InChI is InChI=1S/C15H26O3/c1-5-14(2,3)13(17)18-15(4)8-10-6-12(16)7-11(10)9-15/h10-12,16H,5-9H2,1-4H3. The molecule has 0 spiro atoms. The van der Waals surface area contributed by atoms with Crippen LogP contribution in [-0.4, -0.2) is 22.8 Å². The van der Waals surface area contributed by atoms with Gasteiger partial charge in [0.2, 0.25) is 0 Å². The smallest absolute Gasteiger partial charge is 0.312 e. The Balaban J connectivity index is 1.97. The van der Waals surface area contributed by atoms with Crippen LogP contribution < -0.4 is 0 Å². The van der Waals surface area contributed by atoms with Crippen molar-refractivity contribution in [2.75, 3.05) is 0 Å². The third-order valence-corrected chi connectivity index (χ3v) is 4.98. The van der Waals surface area contributed by atoms with Crippen molar-refractivity contribution in [1.29, 1.82) is 0 Å². The van der Waals surface area contributed by atoms with Gasteiger partial charge < -0.3 is 9.84 Å². The lowest BCUT2D eigenvalue weighted by molar-refractivity contribution is -0.169. The van der Waals surface area contributed by atoms with E-state index in [0.29, 0.717) is 11.8 Å². The van der Waals surface area contributed by atoms with Gasteiger partial charge in [0.15, 0.2) is 0 Å². The molecule has 104 valence electrons. The van der Waals surface area contributed by atoms with Crippen molar-refractivity contribution in [3.05, 3.63) is 0 Å². The summed E-state index contributed by atoms with van der Waals surface area (Å²) in [4.78, 5) is 12.2. The Morgan fingerprint density at radius 2 is 1.83 bits per heavy atom. The van der Waals surface area contributed by atoms with Crippen molar-refractivity contribution in [2.24, 2.45) is 17.3 Å². The van der Waals surface area contributed by atoms with Crippen molar-refractivity contribution in [3.8, 4) is 0 Å². The topological polar surface area (TPSA) is 46.5 Å². The van der Waals surface area contributed by atoms with Crippen LogP contribution in [0.25, 0.3) is 0 Å². The molecular weight excluding hydrogens is 228 g/mol. The van der Waals surface area contributed by atoms with Gasteiger partial charge >= 0.3 is 5.97 Å². The van der Waals surface area contributed by atoms with Gasteiger partial charge in [-0.1, -0.05) is 6.92 Å². The summed E-state index contributed by atoms with van der Waals surface area (Å²) in [6, 6.07) is 0. The molecule has 0 amide bonds. The molecule has 2 saturated carbocycles. The van der Waals surface area contributed by atoms with E-state index in [9.17, 15) is 9.90 Å². The van der Waals surface area contributed by atoms with Crippen LogP contribution in [0.4, 0.5) is 0 Å². The summed E-state index contributed by atoms with van der Waals surface area (Å²) in [6.45, 7) is 7.96. The fraction of sp³-hybridized carbons (Fsp3) is 0.933. The zero-order valence-corrected chi connectivity index (χ0v) is 12.0. The number of aliphatic hydroxyl groups excluding tert-OH is 1. The highest BCUT2D eigenvalue weighted by Crippen LogP contribution is 2.50. The van der Waals surface area contributed by atoms with Gasteiger partial charge in [-0.2, -0.15) is 0 Å². The molecule has 2 atom stereocenters. The van der Waals surface area contributed by atoms with Gasteiger partial charge in [0, 0.05) is 0 Å². The highest BCUT2D eigenvalue weighted by molar-refractivity contribution is 5.76. The van der Waals surface area contributed by atoms with Crippen molar-refractivity contribution >= 4 is 5.97 Å². The summed E-state index contributed by atoms with van der Waals surface area (Å²) in [5.74, 6) is 1.01. The van der Waals surface area contributed by atoms with E-state index in [1.54, 1.807) is 0 Å². The maximum Gasteiger partial charge on any atom is 0.312 e. The second kappa shape index (κ2) is 4.52. The minimum Gasteiger partial charge on any atom is -0.459 e. The van der Waals surface area contributed by atoms with Crippen LogP contribution in [0.5, 0.6) is 0 Å². The number of rotatable bonds is 3. The summed E-state index contributed by atoms with van der Waals surface area (Å²) >= 11 is 0. The molecule has 3 heteroatoms. The molecule has 2 aliphatic rings. The van der Waals surface area contributed by atoms with Gasteiger partial charge in [0.25, 0.3) is 0 Å². The van der Waals surface area contributed by atoms with Crippen LogP contribution in [0.3, 0.4) is 0 Å². The molecule has 18 heavy (non-hydrogen) atoms. The second-order valence-corrected chi connectivity index (χ2v) is 7.13. The molecule has 0 bridgehead atoms. The van der Waals surface area contributed by atoms with Crippen LogP contribution >= 0.6 is 0 Å². The molecule has 0 aromatic carbocycles. The Kier molecular flexibility index (Phi) is 3.48. The molecule has 0 radical (unpaired) electrons. The van der Waals surface area contributed by atoms with Gasteiger partial charge in [-0.25, -0.2) is 0 Å². The van der Waals surface area contributed by atoms with E-state index in [2.05, 4.69) is 6.92 Å². The Morgan fingerprint density at radius 1 is 1.33 bits per heavy atom. The third-order valence-electron chi connectivity index (χ3n) is 4.98. The average Bonchev–Trinajstić information content (AvgIpc) is 2.70. The van der Waals surface area contributed by atoms with E-state index < -0.39 is 0 Å². The van der Waals surface area contributed by atoms with Crippen molar-refractivity contribution in [2.45, 2.75) is 71.5 Å². The lowest BCUT2D eigenvalue weighted by Gasteiger charge is -2.31. The Morgan fingerprint density at radius 3 is 2.28 bits per heavy atom. The number of hydrogen-bond donors (Lipinski definition) is 1. The first-order valence-electron chi connectivity index (χ1n) is 7.17. The molecule has 0 aromatic rings. The quantitative estimate of drug-likeness (QED) is 0.788. The molecule has 2 fully saturated rings. The van der Waals surface area contributed by atoms with Gasteiger partial charge in [-0.3, -0.25) is 4.79 Å². The number of ether oxygens (including phenoxy) is 1. The van der Waals surface area contributed by atoms with Gasteiger partial charge in [-0.15, -0.1) is 0 Å². The molecule has 0 aliphatic heterocycles. The Hall–Kier alpha value is -0.570. The van der Waals surface area contributed by atoms with Gasteiger partial charge in [0.05, 0.1) is 11.5 Å². The fourth-order valence-corrected chi connectivity index (χ4v) is 3.46. The molecule has 0 heterocycles. The fourth-order valence-electron chi connectivity index (χ4n) is 3.46. The van der Waals surface area contributed by atoms with Crippen molar-refractivity contribution < 1.29 is 14.6 Å². The highest BCUT2D eigenvalue weighted by Gasteiger charge is 2.49. The lowest BCUT2D eigenvalue weighted by Crippen LogP contribution is -2.36. The maximum absolute atomic E-state index is 12.2. The van der Waals surface area contributed by atoms with Crippen LogP contribution in [0, 0.1) is 17.3 Å². The Bertz CT molecular complexity index is 321. The maximum atomic E-state index is 12.2. The normalized spacial score (nSPS) is 39.7. The monoisotopic (exact) mass is 254 g/mol. The van der Waals surface area contributed by atoms with Crippen LogP contribution in [0.2, 0.25) is 0 Å². The molecule has 1 N–H and O–H groups in total. The number of fused-ring (bicyclic) bond motifs is 1. The van der Waals surface area contributed by atoms with Crippen LogP contribution in [-0.2, 0) is 9.53 Å². The van der Waals surface area contributed by atoms with Crippen LogP contribution in [0.1, 0.15) is 59.8 Å². The molecular formula is C15H26O3. The summed E-state index contributed by atoms with van der Waals surface area (Å²) in [5, 5.41) is 9.65. The molecule has 0 saturated heterocycles. The highest BCUT2D eigenvalue weighted by atomic mass is 16.6. The van der Waals surface area contributed by atoms with E-state index in [-0.39, 0.29) is 23.1 Å². The SMILES string of the molecule is CCC(C)(C)C(=O)OC1(C)CC2CC(O)CC2C1. The summed E-state index contributed by atoms with van der Waals surface area (Å²) in [7, 11) is 0. The summed E-state index contributed by atoms with van der Waals surface area (Å²) < 4.78 is 5.81. The van der Waals surface area contributed by atoms with E-state index in [1.807, 2.05) is 20.8 Å². The summed E-state index contributed by atoms with van der Waals surface area (Å²) in [6.07, 6.45) is 4.27. The number of hydrogen-bond acceptors (Lipinski definition) is 3. The van der Waals surface area contributed by atoms with E-state index in [0.717, 1.165) is 32.1 Å². The van der Waals surface area contributed by atoms with Crippen LogP contribution in [0.15, 0.2) is 0 Å². The summed E-state index contributed by atoms with van der Waals surface area (Å²) in [5.41, 5.74) is -0.695. The van der Waals surface area contributed by atoms with Crippen molar-refractivity contribution in [3.63, 3.8) is 0 Å². The first-order valence-corrected chi connectivity index (χ1v) is 7.17. The number of carbonyl (C=O) groups excluding carboxylic acids is 1. The minimum atomic E-state index is -0.389. The molecule has 3 nitrogen and oxygen atoms in total. The number of carbonyl (C=O) groups is 1. The lowest BCUT2D eigenvalue weighted by atomic mass is 9.90. The van der Waals surface area contributed by atoms with E-state index in [1.165, 1.54) is 0 Å². The molecule has 2 unspecified atom stereocenters. The predicted molar refractivity (Wildman–Crippen MR) is 70.0 cm³/mol.